The quantitative estimate of drug-likeness (QED) is 0.770. The van der Waals surface area contributed by atoms with Crippen molar-refractivity contribution in [2.45, 2.75) is 13.3 Å². The average Bonchev–Trinajstić information content (AvgIpc) is 2.29. The maximum Gasteiger partial charge on any atom is 0.238 e. The minimum atomic E-state index is -0.373. The van der Waals surface area contributed by atoms with Crippen molar-refractivity contribution in [1.29, 1.82) is 0 Å². The van der Waals surface area contributed by atoms with Gasteiger partial charge in [-0.15, -0.1) is 0 Å². The van der Waals surface area contributed by atoms with Crippen LogP contribution in [0.5, 0.6) is 0 Å². The number of hydrogen-bond donors (Lipinski definition) is 2. The van der Waals surface area contributed by atoms with Crippen LogP contribution in [0, 0.1) is 6.92 Å². The normalized spacial score (nSPS) is 10.3. The molecular weight excluding hydrogens is 243 g/mol. The van der Waals surface area contributed by atoms with Gasteiger partial charge in [-0.05, 0) is 37.6 Å². The van der Waals surface area contributed by atoms with Crippen molar-refractivity contribution in [2.75, 3.05) is 25.1 Å². The number of alkyl halides is 1. The number of carbonyl (C=O) groups excluding carboxylic acids is 1. The maximum atomic E-state index is 11.8. The van der Waals surface area contributed by atoms with Gasteiger partial charge >= 0.3 is 0 Å². The van der Waals surface area contributed by atoms with Gasteiger partial charge in [-0.2, -0.15) is 0 Å². The van der Waals surface area contributed by atoms with Gasteiger partial charge in [0.1, 0.15) is 0 Å². The summed E-state index contributed by atoms with van der Waals surface area (Å²) in [6.45, 7) is 2.19. The fourth-order valence-corrected chi connectivity index (χ4v) is 1.49. The fourth-order valence-electron chi connectivity index (χ4n) is 1.32. The molecule has 1 aromatic carbocycles. The number of halogens is 2. The van der Waals surface area contributed by atoms with Crippen LogP contribution in [0.3, 0.4) is 0 Å². The molecule has 0 saturated carbocycles. The standard InChI is InChI=1S/C12H16ClFN2O/c1-9-3-4-10(13)7-11(9)16-12(17)8-15-6-2-5-14/h3-4,7,15H,2,5-6,8H2,1H3,(H,16,17). The molecule has 1 rings (SSSR count). The molecule has 94 valence electrons. The molecule has 0 aliphatic carbocycles. The van der Waals surface area contributed by atoms with Crippen LogP contribution in [0.25, 0.3) is 0 Å². The summed E-state index contributed by atoms with van der Waals surface area (Å²) in [7, 11) is 0. The maximum absolute atomic E-state index is 11.8. The van der Waals surface area contributed by atoms with Crippen molar-refractivity contribution >= 4 is 23.2 Å². The molecule has 0 unspecified atom stereocenters. The summed E-state index contributed by atoms with van der Waals surface area (Å²) in [5.41, 5.74) is 1.65. The van der Waals surface area contributed by atoms with Crippen LogP contribution < -0.4 is 10.6 Å². The summed E-state index contributed by atoms with van der Waals surface area (Å²) in [6.07, 6.45) is 0.420. The molecule has 0 aliphatic rings. The molecule has 17 heavy (non-hydrogen) atoms. The Morgan fingerprint density at radius 2 is 2.24 bits per heavy atom. The summed E-state index contributed by atoms with van der Waals surface area (Å²) in [5, 5.41) is 6.18. The molecule has 0 aliphatic heterocycles. The zero-order valence-electron chi connectivity index (χ0n) is 9.72. The van der Waals surface area contributed by atoms with Crippen LogP contribution in [0.15, 0.2) is 18.2 Å². The topological polar surface area (TPSA) is 41.1 Å². The third-order valence-electron chi connectivity index (χ3n) is 2.25. The number of hydrogen-bond acceptors (Lipinski definition) is 2. The van der Waals surface area contributed by atoms with Gasteiger partial charge in [0.2, 0.25) is 5.91 Å². The Hall–Kier alpha value is -1.13. The SMILES string of the molecule is Cc1ccc(Cl)cc1NC(=O)CNCCCF. The average molecular weight is 259 g/mol. The first kappa shape index (κ1) is 13.9. The first-order valence-electron chi connectivity index (χ1n) is 5.46. The van der Waals surface area contributed by atoms with E-state index in [-0.39, 0.29) is 19.1 Å². The smallest absolute Gasteiger partial charge is 0.238 e. The molecule has 0 fully saturated rings. The highest BCUT2D eigenvalue weighted by molar-refractivity contribution is 6.31. The lowest BCUT2D eigenvalue weighted by molar-refractivity contribution is -0.115. The molecule has 0 radical (unpaired) electrons. The number of rotatable bonds is 6. The van der Waals surface area contributed by atoms with Crippen LogP contribution in [-0.2, 0) is 4.79 Å². The number of anilines is 1. The van der Waals surface area contributed by atoms with Crippen LogP contribution in [0.2, 0.25) is 5.02 Å². The Morgan fingerprint density at radius 1 is 1.47 bits per heavy atom. The van der Waals surface area contributed by atoms with E-state index < -0.39 is 0 Å². The lowest BCUT2D eigenvalue weighted by atomic mass is 10.2. The van der Waals surface area contributed by atoms with Crippen LogP contribution in [0.4, 0.5) is 10.1 Å². The monoisotopic (exact) mass is 258 g/mol. The van der Waals surface area contributed by atoms with Crippen LogP contribution in [-0.4, -0.2) is 25.7 Å². The number of nitrogens with one attached hydrogen (secondary N) is 2. The molecule has 2 N–H and O–H groups in total. The van der Waals surface area contributed by atoms with Gasteiger partial charge in [0.05, 0.1) is 13.2 Å². The minimum absolute atomic E-state index is 0.158. The van der Waals surface area contributed by atoms with E-state index in [2.05, 4.69) is 10.6 Å². The van der Waals surface area contributed by atoms with E-state index in [1.165, 1.54) is 0 Å². The Labute approximate surface area is 105 Å². The van der Waals surface area contributed by atoms with Gasteiger partial charge in [0.25, 0.3) is 0 Å². The van der Waals surface area contributed by atoms with Crippen LogP contribution in [0.1, 0.15) is 12.0 Å². The van der Waals surface area contributed by atoms with E-state index in [1.54, 1.807) is 12.1 Å². The molecule has 5 heteroatoms. The van der Waals surface area contributed by atoms with Crippen molar-refractivity contribution in [3.05, 3.63) is 28.8 Å². The number of carbonyl (C=O) groups is 1. The van der Waals surface area contributed by atoms with E-state index >= 15 is 0 Å². The van der Waals surface area contributed by atoms with Gasteiger partial charge in [-0.1, -0.05) is 17.7 Å². The van der Waals surface area contributed by atoms with E-state index in [9.17, 15) is 9.18 Å². The van der Waals surface area contributed by atoms with E-state index in [0.29, 0.717) is 23.7 Å². The molecule has 3 nitrogen and oxygen atoms in total. The van der Waals surface area contributed by atoms with Gasteiger partial charge in [-0.25, -0.2) is 0 Å². The third kappa shape index (κ3) is 5.15. The molecule has 0 spiro atoms. The summed E-state index contributed by atoms with van der Waals surface area (Å²) in [6, 6.07) is 5.32. The van der Waals surface area contributed by atoms with E-state index in [0.717, 1.165) is 5.56 Å². The lowest BCUT2D eigenvalue weighted by Crippen LogP contribution is -2.29. The molecule has 0 bridgehead atoms. The summed E-state index contributed by atoms with van der Waals surface area (Å²) >= 11 is 5.84. The second kappa shape index (κ2) is 7.25. The van der Waals surface area contributed by atoms with Gasteiger partial charge in [0.15, 0.2) is 0 Å². The zero-order valence-corrected chi connectivity index (χ0v) is 10.5. The second-order valence-corrected chi connectivity index (χ2v) is 4.16. The van der Waals surface area contributed by atoms with E-state index in [1.807, 2.05) is 13.0 Å². The Bertz CT molecular complexity index is 385. The minimum Gasteiger partial charge on any atom is -0.325 e. The largest absolute Gasteiger partial charge is 0.325 e. The van der Waals surface area contributed by atoms with Crippen molar-refractivity contribution in [3.63, 3.8) is 0 Å². The van der Waals surface area contributed by atoms with Crippen molar-refractivity contribution < 1.29 is 9.18 Å². The highest BCUT2D eigenvalue weighted by atomic mass is 35.5. The van der Waals surface area contributed by atoms with Crippen molar-refractivity contribution in [2.24, 2.45) is 0 Å². The zero-order chi connectivity index (χ0) is 12.7. The summed E-state index contributed by atoms with van der Waals surface area (Å²) in [4.78, 5) is 11.5. The van der Waals surface area contributed by atoms with Gasteiger partial charge < -0.3 is 10.6 Å². The first-order valence-corrected chi connectivity index (χ1v) is 5.84. The van der Waals surface area contributed by atoms with Gasteiger partial charge in [-0.3, -0.25) is 9.18 Å². The third-order valence-corrected chi connectivity index (χ3v) is 2.48. The second-order valence-electron chi connectivity index (χ2n) is 3.73. The summed E-state index contributed by atoms with van der Waals surface area (Å²) in [5.74, 6) is -0.158. The van der Waals surface area contributed by atoms with Crippen molar-refractivity contribution in [3.8, 4) is 0 Å². The van der Waals surface area contributed by atoms with Gasteiger partial charge in [0, 0.05) is 10.7 Å². The highest BCUT2D eigenvalue weighted by Crippen LogP contribution is 2.19. The number of amides is 1. The lowest BCUT2D eigenvalue weighted by Gasteiger charge is -2.09. The molecule has 1 aromatic rings. The molecule has 0 saturated heterocycles. The predicted molar refractivity (Wildman–Crippen MR) is 68.3 cm³/mol. The predicted octanol–water partition coefficient (Wildman–Crippen LogP) is 2.54. The van der Waals surface area contributed by atoms with Crippen molar-refractivity contribution in [1.82, 2.24) is 5.32 Å². The Balaban J connectivity index is 2.42. The molecule has 0 aromatic heterocycles. The van der Waals surface area contributed by atoms with Crippen LogP contribution >= 0.6 is 11.6 Å². The Morgan fingerprint density at radius 3 is 2.94 bits per heavy atom. The fraction of sp³-hybridized carbons (Fsp3) is 0.417. The van der Waals surface area contributed by atoms with E-state index in [4.69, 9.17) is 11.6 Å². The molecule has 0 heterocycles. The molecular formula is C12H16ClFN2O. The molecule has 0 atom stereocenters. The first-order chi connectivity index (χ1) is 8.13. The summed E-state index contributed by atoms with van der Waals surface area (Å²) < 4.78 is 11.8. The molecule has 1 amide bonds. The number of aryl methyl sites for hydroxylation is 1. The number of benzene rings is 1. The Kier molecular flexibility index (Phi) is 5.94. The highest BCUT2D eigenvalue weighted by Gasteiger charge is 2.04.